The molecule has 0 radical (unpaired) electrons. The number of nitrogens with zero attached hydrogens (tertiary/aromatic N) is 3. The number of ether oxygens (including phenoxy) is 2. The van der Waals surface area contributed by atoms with Crippen molar-refractivity contribution in [2.75, 3.05) is 13.2 Å². The Bertz CT molecular complexity index is 449. The average Bonchev–Trinajstić information content (AvgIpc) is 3.00. The SMILES string of the molecule is c1ncn(-c2ccc(OCC3CO3)cc2)n1. The molecule has 0 aliphatic carbocycles. The highest BCUT2D eigenvalue weighted by Gasteiger charge is 2.22. The fourth-order valence-electron chi connectivity index (χ4n) is 1.39. The minimum atomic E-state index is 0.287. The molecule has 1 unspecified atom stereocenters. The van der Waals surface area contributed by atoms with Crippen LogP contribution >= 0.6 is 0 Å². The van der Waals surface area contributed by atoms with Gasteiger partial charge in [-0.15, -0.1) is 0 Å². The second-order valence-electron chi connectivity index (χ2n) is 3.60. The summed E-state index contributed by atoms with van der Waals surface area (Å²) in [4.78, 5) is 3.89. The van der Waals surface area contributed by atoms with Crippen molar-refractivity contribution in [3.05, 3.63) is 36.9 Å². The number of rotatable bonds is 4. The highest BCUT2D eigenvalue weighted by atomic mass is 16.6. The molecule has 1 aliphatic rings. The smallest absolute Gasteiger partial charge is 0.138 e. The molecule has 0 bridgehead atoms. The van der Waals surface area contributed by atoms with Crippen LogP contribution in [-0.2, 0) is 4.74 Å². The maximum absolute atomic E-state index is 5.53. The van der Waals surface area contributed by atoms with E-state index in [1.807, 2.05) is 24.3 Å². The lowest BCUT2D eigenvalue weighted by molar-refractivity contribution is 0.263. The maximum Gasteiger partial charge on any atom is 0.138 e. The van der Waals surface area contributed by atoms with Crippen molar-refractivity contribution in [3.8, 4) is 11.4 Å². The van der Waals surface area contributed by atoms with E-state index in [-0.39, 0.29) is 6.10 Å². The van der Waals surface area contributed by atoms with Crippen molar-refractivity contribution in [1.29, 1.82) is 0 Å². The van der Waals surface area contributed by atoms with Crippen LogP contribution in [0.25, 0.3) is 5.69 Å². The molecule has 3 rings (SSSR count). The molecule has 1 aromatic heterocycles. The molecule has 1 aromatic carbocycles. The molecule has 16 heavy (non-hydrogen) atoms. The van der Waals surface area contributed by atoms with Gasteiger partial charge in [-0.1, -0.05) is 0 Å². The molecule has 5 heteroatoms. The Labute approximate surface area is 92.6 Å². The molecule has 1 fully saturated rings. The van der Waals surface area contributed by atoms with Crippen molar-refractivity contribution in [3.63, 3.8) is 0 Å². The van der Waals surface area contributed by atoms with Gasteiger partial charge in [0.05, 0.1) is 12.3 Å². The topological polar surface area (TPSA) is 52.5 Å². The molecule has 0 saturated carbocycles. The first-order valence-corrected chi connectivity index (χ1v) is 5.11. The number of hydrogen-bond acceptors (Lipinski definition) is 4. The van der Waals surface area contributed by atoms with E-state index in [1.165, 1.54) is 6.33 Å². The van der Waals surface area contributed by atoms with Crippen molar-refractivity contribution in [2.24, 2.45) is 0 Å². The zero-order valence-corrected chi connectivity index (χ0v) is 8.61. The van der Waals surface area contributed by atoms with E-state index in [1.54, 1.807) is 11.0 Å². The summed E-state index contributed by atoms with van der Waals surface area (Å²) in [5.74, 6) is 0.847. The zero-order valence-electron chi connectivity index (χ0n) is 8.61. The summed E-state index contributed by atoms with van der Waals surface area (Å²) in [6, 6.07) is 7.72. The zero-order chi connectivity index (χ0) is 10.8. The first-order chi connectivity index (χ1) is 7.92. The molecule has 0 N–H and O–H groups in total. The largest absolute Gasteiger partial charge is 0.491 e. The molecule has 1 aliphatic heterocycles. The standard InChI is InChI=1S/C11H11N3O2/c1-3-10(15-5-11-6-16-11)4-2-9(1)14-8-12-7-13-14/h1-4,7-8,11H,5-6H2. The van der Waals surface area contributed by atoms with Gasteiger partial charge in [-0.3, -0.25) is 0 Å². The summed E-state index contributed by atoms with van der Waals surface area (Å²) in [7, 11) is 0. The second kappa shape index (κ2) is 3.94. The van der Waals surface area contributed by atoms with Gasteiger partial charge in [0.1, 0.15) is 31.1 Å². The Morgan fingerprint density at radius 3 is 2.81 bits per heavy atom. The van der Waals surface area contributed by atoms with E-state index >= 15 is 0 Å². The summed E-state index contributed by atoms with van der Waals surface area (Å²) in [6.07, 6.45) is 3.46. The van der Waals surface area contributed by atoms with Gasteiger partial charge in [-0.05, 0) is 24.3 Å². The lowest BCUT2D eigenvalue weighted by atomic mass is 10.3. The third kappa shape index (κ3) is 2.04. The Morgan fingerprint density at radius 1 is 1.38 bits per heavy atom. The fourth-order valence-corrected chi connectivity index (χ4v) is 1.39. The highest BCUT2D eigenvalue weighted by Crippen LogP contribution is 2.16. The quantitative estimate of drug-likeness (QED) is 0.718. The van der Waals surface area contributed by atoms with Crippen molar-refractivity contribution in [1.82, 2.24) is 14.8 Å². The van der Waals surface area contributed by atoms with Crippen LogP contribution in [0, 0.1) is 0 Å². The first-order valence-electron chi connectivity index (χ1n) is 5.11. The van der Waals surface area contributed by atoms with Gasteiger partial charge in [0.25, 0.3) is 0 Å². The summed E-state index contributed by atoms with van der Waals surface area (Å²) < 4.78 is 12.3. The van der Waals surface area contributed by atoms with Crippen LogP contribution in [0.4, 0.5) is 0 Å². The predicted octanol–water partition coefficient (Wildman–Crippen LogP) is 1.04. The summed E-state index contributed by atoms with van der Waals surface area (Å²) in [6.45, 7) is 1.44. The lowest BCUT2D eigenvalue weighted by Crippen LogP contribution is -2.04. The number of benzene rings is 1. The van der Waals surface area contributed by atoms with E-state index in [2.05, 4.69) is 10.1 Å². The molecular formula is C11H11N3O2. The molecule has 1 saturated heterocycles. The highest BCUT2D eigenvalue weighted by molar-refractivity contribution is 5.36. The van der Waals surface area contributed by atoms with Gasteiger partial charge in [-0.25, -0.2) is 9.67 Å². The Hall–Kier alpha value is -1.88. The van der Waals surface area contributed by atoms with E-state index in [4.69, 9.17) is 9.47 Å². The van der Waals surface area contributed by atoms with Crippen molar-refractivity contribution in [2.45, 2.75) is 6.10 Å². The first kappa shape index (κ1) is 9.35. The predicted molar refractivity (Wildman–Crippen MR) is 56.6 cm³/mol. The van der Waals surface area contributed by atoms with Crippen LogP contribution in [0.1, 0.15) is 0 Å². The molecule has 0 amide bonds. The van der Waals surface area contributed by atoms with Crippen LogP contribution in [0.2, 0.25) is 0 Å². The van der Waals surface area contributed by atoms with Gasteiger partial charge < -0.3 is 9.47 Å². The number of aromatic nitrogens is 3. The van der Waals surface area contributed by atoms with Gasteiger partial charge in [-0.2, -0.15) is 5.10 Å². The third-order valence-electron chi connectivity index (χ3n) is 2.36. The molecule has 82 valence electrons. The number of hydrogen-bond donors (Lipinski definition) is 0. The van der Waals surface area contributed by atoms with Crippen LogP contribution in [0.3, 0.4) is 0 Å². The third-order valence-corrected chi connectivity index (χ3v) is 2.36. The average molecular weight is 217 g/mol. The maximum atomic E-state index is 5.53. The molecule has 0 spiro atoms. The van der Waals surface area contributed by atoms with Crippen molar-refractivity contribution >= 4 is 0 Å². The Balaban J connectivity index is 1.69. The van der Waals surface area contributed by atoms with Crippen LogP contribution in [0.5, 0.6) is 5.75 Å². The van der Waals surface area contributed by atoms with Crippen LogP contribution < -0.4 is 4.74 Å². The molecule has 2 heterocycles. The minimum Gasteiger partial charge on any atom is -0.491 e. The van der Waals surface area contributed by atoms with E-state index < -0.39 is 0 Å². The summed E-state index contributed by atoms with van der Waals surface area (Å²) in [5.41, 5.74) is 0.965. The number of epoxide rings is 1. The Kier molecular flexibility index (Phi) is 2.30. The fraction of sp³-hybridized carbons (Fsp3) is 0.273. The molecule has 2 aromatic rings. The second-order valence-corrected chi connectivity index (χ2v) is 3.60. The van der Waals surface area contributed by atoms with Gasteiger partial charge in [0.2, 0.25) is 0 Å². The van der Waals surface area contributed by atoms with Crippen LogP contribution in [-0.4, -0.2) is 34.1 Å². The van der Waals surface area contributed by atoms with Crippen LogP contribution in [0.15, 0.2) is 36.9 Å². The Morgan fingerprint density at radius 2 is 2.19 bits per heavy atom. The summed E-state index contributed by atoms with van der Waals surface area (Å²) >= 11 is 0. The molecular weight excluding hydrogens is 206 g/mol. The normalized spacial score (nSPS) is 18.4. The monoisotopic (exact) mass is 217 g/mol. The van der Waals surface area contributed by atoms with Crippen molar-refractivity contribution < 1.29 is 9.47 Å². The summed E-state index contributed by atoms with van der Waals surface area (Å²) in [5, 5.41) is 4.05. The van der Waals surface area contributed by atoms with Gasteiger partial charge >= 0.3 is 0 Å². The van der Waals surface area contributed by atoms with Gasteiger partial charge in [0, 0.05) is 0 Å². The molecule has 5 nitrogen and oxygen atoms in total. The van der Waals surface area contributed by atoms with Gasteiger partial charge in [0.15, 0.2) is 0 Å². The van der Waals surface area contributed by atoms with E-state index in [9.17, 15) is 0 Å². The lowest BCUT2D eigenvalue weighted by Gasteiger charge is -2.05. The van der Waals surface area contributed by atoms with E-state index in [0.29, 0.717) is 6.61 Å². The van der Waals surface area contributed by atoms with E-state index in [0.717, 1.165) is 18.0 Å². The minimum absolute atomic E-state index is 0.287. The molecule has 1 atom stereocenters.